The Hall–Kier alpha value is -8.66. The standard InChI is InChI=1S/C62H42N2O/c1-4-16-43(17-5-1)44-30-36-50(37-31-44)63(48-20-6-2-7-21-48)51-38-32-45(33-39-51)53-27-14-18-47-19-15-28-54(61(47)53)46-34-40-52(41-35-46)64(49-22-8-3-9-23-49)58-42-60-62(56-25-11-10-24-55(56)58)57-26-12-13-29-59(57)65-60/h1-42H. The highest BCUT2D eigenvalue weighted by atomic mass is 16.3. The zero-order chi connectivity index (χ0) is 43.1. The molecule has 3 nitrogen and oxygen atoms in total. The van der Waals surface area contributed by atoms with E-state index in [1.807, 2.05) is 6.07 Å². The van der Waals surface area contributed by atoms with Crippen LogP contribution in [0.25, 0.3) is 76.9 Å². The van der Waals surface area contributed by atoms with Crippen LogP contribution in [0, 0.1) is 0 Å². The van der Waals surface area contributed by atoms with Gasteiger partial charge in [0.1, 0.15) is 11.2 Å². The molecule has 11 aromatic carbocycles. The highest BCUT2D eigenvalue weighted by Crippen LogP contribution is 2.46. The molecule has 0 bridgehead atoms. The van der Waals surface area contributed by atoms with Crippen molar-refractivity contribution < 1.29 is 4.42 Å². The van der Waals surface area contributed by atoms with Crippen LogP contribution in [0.5, 0.6) is 0 Å². The van der Waals surface area contributed by atoms with Gasteiger partial charge in [0.05, 0.1) is 5.69 Å². The molecule has 0 saturated carbocycles. The van der Waals surface area contributed by atoms with E-state index in [-0.39, 0.29) is 0 Å². The summed E-state index contributed by atoms with van der Waals surface area (Å²) >= 11 is 0. The average molecular weight is 831 g/mol. The van der Waals surface area contributed by atoms with Crippen molar-refractivity contribution >= 4 is 77.6 Å². The fourth-order valence-electron chi connectivity index (χ4n) is 9.62. The number of rotatable bonds is 9. The molecule has 0 aliphatic heterocycles. The van der Waals surface area contributed by atoms with E-state index in [0.717, 1.165) is 67.0 Å². The molecular formula is C62H42N2O. The summed E-state index contributed by atoms with van der Waals surface area (Å²) in [6, 6.07) is 91.2. The van der Waals surface area contributed by atoms with E-state index in [1.54, 1.807) is 0 Å². The molecule has 0 aliphatic rings. The molecule has 0 spiro atoms. The first-order valence-electron chi connectivity index (χ1n) is 22.2. The maximum atomic E-state index is 6.54. The molecule has 12 rings (SSSR count). The van der Waals surface area contributed by atoms with Crippen molar-refractivity contribution in [2.24, 2.45) is 0 Å². The second-order valence-electron chi connectivity index (χ2n) is 16.5. The SMILES string of the molecule is c1ccc(-c2ccc(N(c3ccccc3)c3ccc(-c4cccc5cccc(-c6ccc(N(c7ccccc7)c7cc8oc9ccccc9c8c8ccccc78)cc6)c45)cc3)cc2)cc1. The summed E-state index contributed by atoms with van der Waals surface area (Å²) < 4.78 is 6.54. The Morgan fingerprint density at radius 3 is 1.28 bits per heavy atom. The van der Waals surface area contributed by atoms with Gasteiger partial charge < -0.3 is 14.2 Å². The minimum atomic E-state index is 0.874. The minimum absolute atomic E-state index is 0.874. The average Bonchev–Trinajstić information content (AvgIpc) is 3.77. The topological polar surface area (TPSA) is 19.6 Å². The maximum absolute atomic E-state index is 6.54. The first-order valence-corrected chi connectivity index (χ1v) is 22.2. The lowest BCUT2D eigenvalue weighted by Crippen LogP contribution is -2.10. The molecule has 65 heavy (non-hydrogen) atoms. The van der Waals surface area contributed by atoms with E-state index in [4.69, 9.17) is 4.42 Å². The van der Waals surface area contributed by atoms with Crippen LogP contribution in [0.3, 0.4) is 0 Å². The zero-order valence-electron chi connectivity index (χ0n) is 35.6. The maximum Gasteiger partial charge on any atom is 0.138 e. The molecule has 0 radical (unpaired) electrons. The fraction of sp³-hybridized carbons (Fsp3) is 0. The van der Waals surface area contributed by atoms with Crippen LogP contribution in [0.2, 0.25) is 0 Å². The normalized spacial score (nSPS) is 11.4. The molecular weight excluding hydrogens is 789 g/mol. The van der Waals surface area contributed by atoms with Crippen molar-refractivity contribution in [2.75, 3.05) is 9.80 Å². The lowest BCUT2D eigenvalue weighted by molar-refractivity contribution is 0.669. The Kier molecular flexibility index (Phi) is 9.50. The van der Waals surface area contributed by atoms with Gasteiger partial charge in [0.2, 0.25) is 0 Å². The summed E-state index contributed by atoms with van der Waals surface area (Å²) in [6.45, 7) is 0. The van der Waals surface area contributed by atoms with E-state index in [9.17, 15) is 0 Å². The molecule has 0 unspecified atom stereocenters. The largest absolute Gasteiger partial charge is 0.456 e. The monoisotopic (exact) mass is 830 g/mol. The van der Waals surface area contributed by atoms with Gasteiger partial charge in [0, 0.05) is 50.7 Å². The number of para-hydroxylation sites is 3. The molecule has 0 N–H and O–H groups in total. The van der Waals surface area contributed by atoms with Crippen molar-refractivity contribution in [1.29, 1.82) is 0 Å². The number of nitrogens with zero attached hydrogens (tertiary/aromatic N) is 2. The number of fused-ring (bicyclic) bond motifs is 6. The molecule has 0 amide bonds. The second-order valence-corrected chi connectivity index (χ2v) is 16.5. The molecule has 12 aromatic rings. The summed E-state index contributed by atoms with van der Waals surface area (Å²) in [5.74, 6) is 0. The number of anilines is 6. The summed E-state index contributed by atoms with van der Waals surface area (Å²) in [4.78, 5) is 4.68. The van der Waals surface area contributed by atoms with E-state index in [1.165, 1.54) is 44.0 Å². The van der Waals surface area contributed by atoms with E-state index in [0.29, 0.717) is 0 Å². The van der Waals surface area contributed by atoms with Gasteiger partial charge in [-0.3, -0.25) is 0 Å². The van der Waals surface area contributed by atoms with Gasteiger partial charge in [-0.1, -0.05) is 182 Å². The van der Waals surface area contributed by atoms with Gasteiger partial charge in [-0.25, -0.2) is 0 Å². The van der Waals surface area contributed by atoms with Crippen LogP contribution in [0.4, 0.5) is 34.1 Å². The zero-order valence-corrected chi connectivity index (χ0v) is 35.6. The lowest BCUT2D eigenvalue weighted by atomic mass is 9.91. The van der Waals surface area contributed by atoms with Crippen molar-refractivity contribution in [1.82, 2.24) is 0 Å². The highest BCUT2D eigenvalue weighted by Gasteiger charge is 2.21. The Labute approximate surface area is 378 Å². The van der Waals surface area contributed by atoms with Crippen LogP contribution >= 0.6 is 0 Å². The summed E-state index contributed by atoms with van der Waals surface area (Å²) in [5, 5.41) is 7.04. The summed E-state index contributed by atoms with van der Waals surface area (Å²) in [7, 11) is 0. The smallest absolute Gasteiger partial charge is 0.138 e. The Morgan fingerprint density at radius 1 is 0.262 bits per heavy atom. The summed E-state index contributed by atoms with van der Waals surface area (Å²) in [6.07, 6.45) is 0. The molecule has 1 heterocycles. The van der Waals surface area contributed by atoms with Gasteiger partial charge in [0.15, 0.2) is 0 Å². The van der Waals surface area contributed by atoms with Gasteiger partial charge in [0.25, 0.3) is 0 Å². The van der Waals surface area contributed by atoms with Crippen molar-refractivity contribution in [3.8, 4) is 33.4 Å². The Morgan fingerprint density at radius 2 is 0.692 bits per heavy atom. The molecule has 306 valence electrons. The lowest BCUT2D eigenvalue weighted by Gasteiger charge is -2.27. The quantitative estimate of drug-likeness (QED) is 0.144. The third-order valence-electron chi connectivity index (χ3n) is 12.6. The number of benzene rings is 11. The van der Waals surface area contributed by atoms with Gasteiger partial charge in [-0.15, -0.1) is 0 Å². The van der Waals surface area contributed by atoms with E-state index < -0.39 is 0 Å². The molecule has 0 aliphatic carbocycles. The Bertz CT molecular complexity index is 3610. The van der Waals surface area contributed by atoms with Crippen molar-refractivity contribution in [3.63, 3.8) is 0 Å². The van der Waals surface area contributed by atoms with Crippen molar-refractivity contribution in [3.05, 3.63) is 255 Å². The molecule has 0 atom stereocenters. The second kappa shape index (κ2) is 16.2. The van der Waals surface area contributed by atoms with Crippen LogP contribution in [0.1, 0.15) is 0 Å². The van der Waals surface area contributed by atoms with Gasteiger partial charge in [-0.2, -0.15) is 0 Å². The molecule has 1 aromatic heterocycles. The molecule has 0 fully saturated rings. The van der Waals surface area contributed by atoms with Crippen LogP contribution in [0.15, 0.2) is 259 Å². The van der Waals surface area contributed by atoms with Gasteiger partial charge in [-0.05, 0) is 116 Å². The predicted octanol–water partition coefficient (Wildman–Crippen LogP) is 17.8. The summed E-state index contributed by atoms with van der Waals surface area (Å²) in [5.41, 5.74) is 15.4. The number of hydrogen-bond donors (Lipinski definition) is 0. The minimum Gasteiger partial charge on any atom is -0.456 e. The molecule has 3 heteroatoms. The number of furan rings is 1. The van der Waals surface area contributed by atoms with E-state index in [2.05, 4.69) is 259 Å². The van der Waals surface area contributed by atoms with Crippen molar-refractivity contribution in [2.45, 2.75) is 0 Å². The first kappa shape index (κ1) is 38.0. The van der Waals surface area contributed by atoms with Gasteiger partial charge >= 0.3 is 0 Å². The highest BCUT2D eigenvalue weighted by molar-refractivity contribution is 6.22. The van der Waals surface area contributed by atoms with Crippen LogP contribution < -0.4 is 9.80 Å². The fourth-order valence-corrected chi connectivity index (χ4v) is 9.62. The van der Waals surface area contributed by atoms with Crippen LogP contribution in [-0.4, -0.2) is 0 Å². The third-order valence-corrected chi connectivity index (χ3v) is 12.6. The first-order chi connectivity index (χ1) is 32.2. The van der Waals surface area contributed by atoms with Crippen LogP contribution in [-0.2, 0) is 0 Å². The third kappa shape index (κ3) is 6.87. The molecule has 0 saturated heterocycles. The predicted molar refractivity (Wildman–Crippen MR) is 274 cm³/mol. The Balaban J connectivity index is 0.927. The number of hydrogen-bond acceptors (Lipinski definition) is 3. The van der Waals surface area contributed by atoms with E-state index >= 15 is 0 Å².